The second-order valence-corrected chi connectivity index (χ2v) is 4.51. The van der Waals surface area contributed by atoms with Crippen LogP contribution in [0.4, 0.5) is 8.78 Å². The lowest BCUT2D eigenvalue weighted by Gasteiger charge is -2.35. The highest BCUT2D eigenvalue weighted by molar-refractivity contribution is 5.73. The molecule has 3 nitrogen and oxygen atoms in total. The van der Waals surface area contributed by atoms with Crippen molar-refractivity contribution in [3.63, 3.8) is 0 Å². The van der Waals surface area contributed by atoms with Gasteiger partial charge in [0.15, 0.2) is 0 Å². The van der Waals surface area contributed by atoms with Gasteiger partial charge in [0.25, 0.3) is 0 Å². The summed E-state index contributed by atoms with van der Waals surface area (Å²) in [6, 6.07) is 3.49. The van der Waals surface area contributed by atoms with E-state index in [1.54, 1.807) is 4.90 Å². The van der Waals surface area contributed by atoms with Crippen LogP contribution in [0.15, 0.2) is 18.2 Å². The molecule has 1 aromatic rings. The molecule has 0 saturated carbocycles. The molecule has 1 aromatic carbocycles. The lowest BCUT2D eigenvalue weighted by molar-refractivity contribution is -0.131. The number of rotatable bonds is 2. The van der Waals surface area contributed by atoms with Gasteiger partial charge in [-0.3, -0.25) is 4.79 Å². The number of benzene rings is 1. The number of halogens is 2. The molecule has 5 heteroatoms. The summed E-state index contributed by atoms with van der Waals surface area (Å²) in [7, 11) is 0. The van der Waals surface area contributed by atoms with Gasteiger partial charge in [-0.1, -0.05) is 6.07 Å². The highest BCUT2D eigenvalue weighted by Crippen LogP contribution is 2.15. The van der Waals surface area contributed by atoms with E-state index in [0.717, 1.165) is 12.6 Å². The topological polar surface area (TPSA) is 32.3 Å². The second kappa shape index (κ2) is 5.44. The summed E-state index contributed by atoms with van der Waals surface area (Å²) in [5, 5.41) is 3.18. The predicted octanol–water partition coefficient (Wildman–Crippen LogP) is 1.33. The molecule has 0 aromatic heterocycles. The van der Waals surface area contributed by atoms with Crippen molar-refractivity contribution in [1.29, 1.82) is 0 Å². The van der Waals surface area contributed by atoms with E-state index in [2.05, 4.69) is 5.32 Å². The van der Waals surface area contributed by atoms with Gasteiger partial charge in [-0.2, -0.15) is 0 Å². The molecule has 1 saturated heterocycles. The lowest BCUT2D eigenvalue weighted by Crippen LogP contribution is -2.53. The third-order valence-electron chi connectivity index (χ3n) is 3.23. The average Bonchev–Trinajstić information content (AvgIpc) is 2.33. The number of amides is 1. The Kier molecular flexibility index (Phi) is 3.91. The maximum absolute atomic E-state index is 13.6. The highest BCUT2D eigenvalue weighted by Gasteiger charge is 2.25. The van der Waals surface area contributed by atoms with Crippen molar-refractivity contribution in [2.45, 2.75) is 19.4 Å². The first-order valence-electron chi connectivity index (χ1n) is 6.00. The number of carbonyl (C=O) groups is 1. The minimum Gasteiger partial charge on any atom is -0.337 e. The van der Waals surface area contributed by atoms with Gasteiger partial charge in [0, 0.05) is 38.7 Å². The van der Waals surface area contributed by atoms with E-state index in [4.69, 9.17) is 0 Å². The molecule has 1 amide bonds. The van der Waals surface area contributed by atoms with E-state index in [1.165, 1.54) is 19.1 Å². The van der Waals surface area contributed by atoms with Crippen LogP contribution in [0.5, 0.6) is 0 Å². The van der Waals surface area contributed by atoms with Crippen LogP contribution < -0.4 is 5.32 Å². The smallest absolute Gasteiger partial charge is 0.219 e. The summed E-state index contributed by atoms with van der Waals surface area (Å²) in [5.74, 6) is -1.14. The third-order valence-corrected chi connectivity index (χ3v) is 3.23. The Morgan fingerprint density at radius 2 is 2.28 bits per heavy atom. The first-order chi connectivity index (χ1) is 8.58. The van der Waals surface area contributed by atoms with Crippen LogP contribution >= 0.6 is 0 Å². The van der Waals surface area contributed by atoms with E-state index < -0.39 is 11.6 Å². The van der Waals surface area contributed by atoms with Crippen LogP contribution in [0.2, 0.25) is 0 Å². The molecule has 1 fully saturated rings. The molecule has 18 heavy (non-hydrogen) atoms. The summed E-state index contributed by atoms with van der Waals surface area (Å²) < 4.78 is 26.4. The maximum atomic E-state index is 13.6. The molecular formula is C13H16F2N2O. The predicted molar refractivity (Wildman–Crippen MR) is 64.1 cm³/mol. The minimum absolute atomic E-state index is 0.0102. The van der Waals surface area contributed by atoms with Gasteiger partial charge in [-0.25, -0.2) is 8.78 Å². The molecule has 1 aliphatic rings. The van der Waals surface area contributed by atoms with Crippen molar-refractivity contribution in [1.82, 2.24) is 10.2 Å². The summed E-state index contributed by atoms with van der Waals surface area (Å²) in [6.07, 6.45) is 0.401. The van der Waals surface area contributed by atoms with Crippen LogP contribution in [-0.4, -0.2) is 36.5 Å². The third kappa shape index (κ3) is 2.85. The molecule has 1 atom stereocenters. The van der Waals surface area contributed by atoms with Crippen molar-refractivity contribution in [3.05, 3.63) is 35.4 Å². The van der Waals surface area contributed by atoms with Crippen LogP contribution in [0.25, 0.3) is 0 Å². The van der Waals surface area contributed by atoms with Crippen molar-refractivity contribution in [3.8, 4) is 0 Å². The zero-order valence-electron chi connectivity index (χ0n) is 10.2. The van der Waals surface area contributed by atoms with Crippen LogP contribution in [0.3, 0.4) is 0 Å². The fourth-order valence-corrected chi connectivity index (χ4v) is 2.30. The Balaban J connectivity index is 2.13. The molecular weight excluding hydrogens is 238 g/mol. The molecule has 1 N–H and O–H groups in total. The van der Waals surface area contributed by atoms with Crippen molar-refractivity contribution in [2.75, 3.05) is 19.6 Å². The Bertz CT molecular complexity index is 451. The normalized spacial score (nSPS) is 19.9. The molecule has 2 rings (SSSR count). The zero-order chi connectivity index (χ0) is 13.1. The summed E-state index contributed by atoms with van der Waals surface area (Å²) in [5.41, 5.74) is 0.441. The molecule has 0 bridgehead atoms. The van der Waals surface area contributed by atoms with Crippen LogP contribution in [0, 0.1) is 11.6 Å². The average molecular weight is 254 g/mol. The summed E-state index contributed by atoms with van der Waals surface area (Å²) >= 11 is 0. The van der Waals surface area contributed by atoms with E-state index in [0.29, 0.717) is 25.1 Å². The van der Waals surface area contributed by atoms with E-state index in [-0.39, 0.29) is 11.9 Å². The number of hydrogen-bond donors (Lipinski definition) is 1. The first-order valence-corrected chi connectivity index (χ1v) is 6.00. The molecule has 0 radical (unpaired) electrons. The fraction of sp³-hybridized carbons (Fsp3) is 0.462. The van der Waals surface area contributed by atoms with Gasteiger partial charge >= 0.3 is 0 Å². The monoisotopic (exact) mass is 254 g/mol. The molecule has 0 aliphatic carbocycles. The minimum atomic E-state index is -0.582. The van der Waals surface area contributed by atoms with Gasteiger partial charge in [-0.05, 0) is 18.1 Å². The second-order valence-electron chi connectivity index (χ2n) is 4.51. The van der Waals surface area contributed by atoms with E-state index >= 15 is 0 Å². The van der Waals surface area contributed by atoms with Crippen molar-refractivity contribution >= 4 is 5.91 Å². The Morgan fingerprint density at radius 3 is 2.94 bits per heavy atom. The van der Waals surface area contributed by atoms with Gasteiger partial charge in [0.2, 0.25) is 5.91 Å². The molecule has 0 spiro atoms. The Labute approximate surface area is 105 Å². The van der Waals surface area contributed by atoms with Crippen molar-refractivity contribution < 1.29 is 13.6 Å². The molecule has 1 aliphatic heterocycles. The van der Waals surface area contributed by atoms with Gasteiger partial charge in [0.1, 0.15) is 11.6 Å². The van der Waals surface area contributed by atoms with Gasteiger partial charge in [0.05, 0.1) is 0 Å². The van der Waals surface area contributed by atoms with E-state index in [9.17, 15) is 13.6 Å². The lowest BCUT2D eigenvalue weighted by atomic mass is 10.0. The first kappa shape index (κ1) is 13.0. The molecule has 98 valence electrons. The number of nitrogens with zero attached hydrogens (tertiary/aromatic N) is 1. The quantitative estimate of drug-likeness (QED) is 0.863. The Morgan fingerprint density at radius 1 is 1.50 bits per heavy atom. The Hall–Kier alpha value is -1.49. The summed E-state index contributed by atoms with van der Waals surface area (Å²) in [4.78, 5) is 13.2. The van der Waals surface area contributed by atoms with Crippen LogP contribution in [-0.2, 0) is 11.2 Å². The summed E-state index contributed by atoms with van der Waals surface area (Å²) in [6.45, 7) is 3.53. The van der Waals surface area contributed by atoms with Gasteiger partial charge < -0.3 is 10.2 Å². The highest BCUT2D eigenvalue weighted by atomic mass is 19.1. The van der Waals surface area contributed by atoms with Crippen LogP contribution in [0.1, 0.15) is 12.5 Å². The number of hydrogen-bond acceptors (Lipinski definition) is 2. The zero-order valence-corrected chi connectivity index (χ0v) is 10.2. The molecule has 1 unspecified atom stereocenters. The SMILES string of the molecule is CC(=O)N1CCNCC1Cc1ccc(F)cc1F. The van der Waals surface area contributed by atoms with Crippen molar-refractivity contribution in [2.24, 2.45) is 0 Å². The number of piperazine rings is 1. The maximum Gasteiger partial charge on any atom is 0.219 e. The standard InChI is InChI=1S/C13H16F2N2O/c1-9(18)17-5-4-16-8-12(17)6-10-2-3-11(14)7-13(10)15/h2-3,7,12,16H,4-6,8H2,1H3. The van der Waals surface area contributed by atoms with E-state index in [1.807, 2.05) is 0 Å². The largest absolute Gasteiger partial charge is 0.337 e. The number of nitrogens with one attached hydrogen (secondary N) is 1. The van der Waals surface area contributed by atoms with Gasteiger partial charge in [-0.15, -0.1) is 0 Å². The molecule has 1 heterocycles. The number of carbonyl (C=O) groups excluding carboxylic acids is 1. The fourth-order valence-electron chi connectivity index (χ4n) is 2.30.